The Morgan fingerprint density at radius 2 is 1.62 bits per heavy atom. The summed E-state index contributed by atoms with van der Waals surface area (Å²) in [5, 5.41) is 3.57. The van der Waals surface area contributed by atoms with Crippen molar-refractivity contribution in [2.75, 3.05) is 0 Å². The third-order valence-corrected chi connectivity index (χ3v) is 3.36. The summed E-state index contributed by atoms with van der Waals surface area (Å²) < 4.78 is 5.86. The largest absolute Gasteiger partial charge is 0.457 e. The minimum absolute atomic E-state index is 0.531. The molecular formula is C19H25NO. The highest BCUT2D eigenvalue weighted by Gasteiger charge is 2.05. The van der Waals surface area contributed by atoms with Crippen LogP contribution < -0.4 is 10.1 Å². The van der Waals surface area contributed by atoms with E-state index in [9.17, 15) is 0 Å². The molecule has 21 heavy (non-hydrogen) atoms. The van der Waals surface area contributed by atoms with E-state index in [4.69, 9.17) is 4.74 Å². The molecule has 2 rings (SSSR count). The van der Waals surface area contributed by atoms with Gasteiger partial charge in [0.05, 0.1) is 0 Å². The summed E-state index contributed by atoms with van der Waals surface area (Å²) in [4.78, 5) is 0. The molecule has 1 N–H and O–H groups in total. The van der Waals surface area contributed by atoms with Crippen molar-refractivity contribution in [1.82, 2.24) is 5.32 Å². The minimum Gasteiger partial charge on any atom is -0.457 e. The SMILES string of the molecule is CC(C)CC(C)NCc1cccc(Oc2ccccc2)c1. The van der Waals surface area contributed by atoms with Gasteiger partial charge in [-0.15, -0.1) is 0 Å². The molecule has 2 heteroatoms. The molecule has 0 aliphatic carbocycles. The topological polar surface area (TPSA) is 21.3 Å². The zero-order valence-corrected chi connectivity index (χ0v) is 13.2. The molecule has 112 valence electrons. The predicted octanol–water partition coefficient (Wildman–Crippen LogP) is 5.00. The van der Waals surface area contributed by atoms with Gasteiger partial charge in [-0.3, -0.25) is 0 Å². The van der Waals surface area contributed by atoms with Crippen LogP contribution in [0.1, 0.15) is 32.8 Å². The van der Waals surface area contributed by atoms with Crippen molar-refractivity contribution in [3.05, 3.63) is 60.2 Å². The van der Waals surface area contributed by atoms with Crippen LogP contribution in [-0.4, -0.2) is 6.04 Å². The second-order valence-electron chi connectivity index (χ2n) is 5.97. The highest BCUT2D eigenvalue weighted by atomic mass is 16.5. The molecule has 0 saturated carbocycles. The summed E-state index contributed by atoms with van der Waals surface area (Å²) in [6.07, 6.45) is 1.19. The van der Waals surface area contributed by atoms with Crippen molar-refractivity contribution in [2.24, 2.45) is 5.92 Å². The van der Waals surface area contributed by atoms with E-state index in [1.165, 1.54) is 12.0 Å². The molecule has 0 bridgehead atoms. The molecule has 2 aromatic rings. The van der Waals surface area contributed by atoms with Gasteiger partial charge in [-0.25, -0.2) is 0 Å². The van der Waals surface area contributed by atoms with Gasteiger partial charge in [-0.1, -0.05) is 44.2 Å². The van der Waals surface area contributed by atoms with Crippen molar-refractivity contribution in [1.29, 1.82) is 0 Å². The number of para-hydroxylation sites is 1. The van der Waals surface area contributed by atoms with E-state index in [2.05, 4.69) is 38.2 Å². The molecule has 0 radical (unpaired) electrons. The van der Waals surface area contributed by atoms with Crippen LogP contribution >= 0.6 is 0 Å². The normalized spacial score (nSPS) is 12.4. The lowest BCUT2D eigenvalue weighted by Crippen LogP contribution is -2.26. The number of benzene rings is 2. The Labute approximate surface area is 128 Å². The average molecular weight is 283 g/mol. The molecular weight excluding hydrogens is 258 g/mol. The number of nitrogens with one attached hydrogen (secondary N) is 1. The van der Waals surface area contributed by atoms with Gasteiger partial charge in [-0.05, 0) is 49.1 Å². The van der Waals surface area contributed by atoms with E-state index in [1.807, 2.05) is 42.5 Å². The molecule has 0 amide bonds. The van der Waals surface area contributed by atoms with Crippen LogP contribution in [0.15, 0.2) is 54.6 Å². The Bertz CT molecular complexity index is 536. The zero-order valence-electron chi connectivity index (χ0n) is 13.2. The third-order valence-electron chi connectivity index (χ3n) is 3.36. The van der Waals surface area contributed by atoms with E-state index in [1.54, 1.807) is 0 Å². The summed E-state index contributed by atoms with van der Waals surface area (Å²) in [6, 6.07) is 18.7. The molecule has 1 unspecified atom stereocenters. The quantitative estimate of drug-likeness (QED) is 0.771. The average Bonchev–Trinajstić information content (AvgIpc) is 2.46. The van der Waals surface area contributed by atoms with Crippen LogP contribution in [0.2, 0.25) is 0 Å². The fourth-order valence-electron chi connectivity index (χ4n) is 2.43. The van der Waals surface area contributed by atoms with Crippen LogP contribution in [0, 0.1) is 5.92 Å². The van der Waals surface area contributed by atoms with Crippen molar-refractivity contribution in [2.45, 2.75) is 39.8 Å². The van der Waals surface area contributed by atoms with Crippen molar-refractivity contribution >= 4 is 0 Å². The standard InChI is InChI=1S/C19H25NO/c1-15(2)12-16(3)20-14-17-8-7-11-19(13-17)21-18-9-5-4-6-10-18/h4-11,13,15-16,20H,12,14H2,1-3H3. The first-order chi connectivity index (χ1) is 10.1. The summed E-state index contributed by atoms with van der Waals surface area (Å²) >= 11 is 0. The molecule has 0 heterocycles. The summed E-state index contributed by atoms with van der Waals surface area (Å²) in [6.45, 7) is 7.63. The van der Waals surface area contributed by atoms with Gasteiger partial charge < -0.3 is 10.1 Å². The maximum atomic E-state index is 5.86. The van der Waals surface area contributed by atoms with Crippen molar-refractivity contribution in [3.8, 4) is 11.5 Å². The van der Waals surface area contributed by atoms with Crippen LogP contribution in [0.25, 0.3) is 0 Å². The van der Waals surface area contributed by atoms with Crippen LogP contribution in [0.4, 0.5) is 0 Å². The van der Waals surface area contributed by atoms with E-state index in [0.29, 0.717) is 6.04 Å². The van der Waals surface area contributed by atoms with E-state index >= 15 is 0 Å². The fraction of sp³-hybridized carbons (Fsp3) is 0.368. The van der Waals surface area contributed by atoms with Crippen LogP contribution in [-0.2, 0) is 6.54 Å². The highest BCUT2D eigenvalue weighted by molar-refractivity contribution is 5.33. The Kier molecular flexibility index (Phi) is 5.82. The first-order valence-electron chi connectivity index (χ1n) is 7.68. The van der Waals surface area contributed by atoms with E-state index < -0.39 is 0 Å². The minimum atomic E-state index is 0.531. The first kappa shape index (κ1) is 15.6. The third kappa shape index (κ3) is 5.60. The zero-order chi connectivity index (χ0) is 15.1. The summed E-state index contributed by atoms with van der Waals surface area (Å²) in [5.41, 5.74) is 1.25. The molecule has 0 fully saturated rings. The number of hydrogen-bond acceptors (Lipinski definition) is 2. The second-order valence-corrected chi connectivity index (χ2v) is 5.97. The second kappa shape index (κ2) is 7.84. The van der Waals surface area contributed by atoms with E-state index in [-0.39, 0.29) is 0 Å². The monoisotopic (exact) mass is 283 g/mol. The summed E-state index contributed by atoms with van der Waals surface area (Å²) in [5.74, 6) is 2.48. The lowest BCUT2D eigenvalue weighted by Gasteiger charge is -2.16. The maximum Gasteiger partial charge on any atom is 0.127 e. The van der Waals surface area contributed by atoms with Gasteiger partial charge in [0, 0.05) is 12.6 Å². The molecule has 1 atom stereocenters. The maximum absolute atomic E-state index is 5.86. The smallest absolute Gasteiger partial charge is 0.127 e. The first-order valence-corrected chi connectivity index (χ1v) is 7.68. The van der Waals surface area contributed by atoms with Gasteiger partial charge in [0.25, 0.3) is 0 Å². The van der Waals surface area contributed by atoms with Gasteiger partial charge in [-0.2, -0.15) is 0 Å². The van der Waals surface area contributed by atoms with E-state index in [0.717, 1.165) is 24.0 Å². The fourth-order valence-corrected chi connectivity index (χ4v) is 2.43. The van der Waals surface area contributed by atoms with Crippen LogP contribution in [0.5, 0.6) is 11.5 Å². The number of ether oxygens (including phenoxy) is 1. The Morgan fingerprint density at radius 1 is 0.905 bits per heavy atom. The molecule has 0 aromatic heterocycles. The number of rotatable bonds is 7. The predicted molar refractivity (Wildman–Crippen MR) is 88.7 cm³/mol. The van der Waals surface area contributed by atoms with Gasteiger partial charge >= 0.3 is 0 Å². The summed E-state index contributed by atoms with van der Waals surface area (Å²) in [7, 11) is 0. The Balaban J connectivity index is 1.92. The molecule has 0 saturated heterocycles. The van der Waals surface area contributed by atoms with Gasteiger partial charge in [0.2, 0.25) is 0 Å². The van der Waals surface area contributed by atoms with Crippen molar-refractivity contribution < 1.29 is 4.74 Å². The lowest BCUT2D eigenvalue weighted by atomic mass is 10.1. The molecule has 0 aliphatic heterocycles. The molecule has 2 nitrogen and oxygen atoms in total. The molecule has 0 aliphatic rings. The Hall–Kier alpha value is -1.80. The van der Waals surface area contributed by atoms with Gasteiger partial charge in [0.1, 0.15) is 11.5 Å². The Morgan fingerprint density at radius 3 is 2.33 bits per heavy atom. The molecule has 0 spiro atoms. The lowest BCUT2D eigenvalue weighted by molar-refractivity contribution is 0.440. The highest BCUT2D eigenvalue weighted by Crippen LogP contribution is 2.21. The van der Waals surface area contributed by atoms with Crippen molar-refractivity contribution in [3.63, 3.8) is 0 Å². The number of hydrogen-bond donors (Lipinski definition) is 1. The van der Waals surface area contributed by atoms with Gasteiger partial charge in [0.15, 0.2) is 0 Å². The van der Waals surface area contributed by atoms with Crippen LogP contribution in [0.3, 0.4) is 0 Å². The molecule has 2 aromatic carbocycles.